The summed E-state index contributed by atoms with van der Waals surface area (Å²) in [4.78, 5) is 14.0. The maximum Gasteiger partial charge on any atom is 0.416 e. The quantitative estimate of drug-likeness (QED) is 0.274. The molecule has 6 nitrogen and oxygen atoms in total. The van der Waals surface area contributed by atoms with Gasteiger partial charge in [-0.15, -0.1) is 23.1 Å². The number of thiophene rings is 1. The van der Waals surface area contributed by atoms with Crippen LogP contribution in [-0.4, -0.2) is 38.5 Å². The van der Waals surface area contributed by atoms with Crippen LogP contribution in [0.5, 0.6) is 0 Å². The molecule has 0 radical (unpaired) electrons. The molecule has 1 aromatic carbocycles. The Balaban J connectivity index is 1.64. The highest BCUT2D eigenvalue weighted by Crippen LogP contribution is 2.49. The van der Waals surface area contributed by atoms with Crippen LogP contribution in [0, 0.1) is 0 Å². The second kappa shape index (κ2) is 9.63. The standard InChI is InChI=1S/C24H22F3N5OS2/c25-24(26,27)15-4-1-3-13(9-15)17-10-18(14-11-30-23(31-12-14)29-7-8-33)32-21-19(17)20(28)22(35-21)34-16-5-2-6-16/h1,3-4,9-12,16,33H,2,5-8,28H2,(H,29,30,31). The number of aliphatic hydroxyl groups is 1. The van der Waals surface area contributed by atoms with Gasteiger partial charge in [-0.25, -0.2) is 15.0 Å². The number of hydrogen-bond donors (Lipinski definition) is 3. The smallest absolute Gasteiger partial charge is 0.397 e. The molecule has 0 amide bonds. The molecule has 4 N–H and O–H groups in total. The van der Waals surface area contributed by atoms with Crippen molar-refractivity contribution >= 4 is 45.0 Å². The molecular weight excluding hydrogens is 495 g/mol. The van der Waals surface area contributed by atoms with Crippen molar-refractivity contribution in [2.24, 2.45) is 0 Å². The van der Waals surface area contributed by atoms with E-state index in [1.807, 2.05) is 0 Å². The Hall–Kier alpha value is -2.89. The van der Waals surface area contributed by atoms with Gasteiger partial charge in [0, 0.05) is 35.1 Å². The summed E-state index contributed by atoms with van der Waals surface area (Å²) in [5.41, 5.74) is 8.57. The van der Waals surface area contributed by atoms with E-state index >= 15 is 0 Å². The van der Waals surface area contributed by atoms with Gasteiger partial charge in [-0.1, -0.05) is 18.6 Å². The van der Waals surface area contributed by atoms with E-state index in [0.29, 0.717) is 56.0 Å². The van der Waals surface area contributed by atoms with Gasteiger partial charge in [0.25, 0.3) is 0 Å². The highest BCUT2D eigenvalue weighted by atomic mass is 32.2. The fourth-order valence-corrected chi connectivity index (χ4v) is 6.58. The molecule has 3 heterocycles. The number of fused-ring (bicyclic) bond motifs is 1. The zero-order valence-electron chi connectivity index (χ0n) is 18.5. The van der Waals surface area contributed by atoms with Crippen LogP contribution in [0.25, 0.3) is 32.6 Å². The number of thioether (sulfide) groups is 1. The molecular formula is C24H22F3N5OS2. The lowest BCUT2D eigenvalue weighted by Gasteiger charge is -2.23. The summed E-state index contributed by atoms with van der Waals surface area (Å²) >= 11 is 3.19. The summed E-state index contributed by atoms with van der Waals surface area (Å²) in [5.74, 6) is 0.363. The predicted octanol–water partition coefficient (Wildman–Crippen LogP) is 6.07. The van der Waals surface area contributed by atoms with Gasteiger partial charge >= 0.3 is 6.18 Å². The number of nitrogens with zero attached hydrogens (tertiary/aromatic N) is 3. The van der Waals surface area contributed by atoms with Crippen LogP contribution in [0.4, 0.5) is 24.8 Å². The SMILES string of the molecule is Nc1c(SC2CCC2)sc2nc(-c3cnc(NCCO)nc3)cc(-c3cccc(C(F)(F)F)c3)c12. The Bertz CT molecular complexity index is 1350. The second-order valence-corrected chi connectivity index (χ2v) is 10.8. The van der Waals surface area contributed by atoms with Crippen LogP contribution in [0.3, 0.4) is 0 Å². The molecule has 11 heteroatoms. The molecule has 0 atom stereocenters. The van der Waals surface area contributed by atoms with Crippen LogP contribution >= 0.6 is 23.1 Å². The third-order valence-electron chi connectivity index (χ3n) is 5.83. The van der Waals surface area contributed by atoms with Crippen molar-refractivity contribution in [2.45, 2.75) is 34.9 Å². The molecule has 0 bridgehead atoms. The lowest BCUT2D eigenvalue weighted by molar-refractivity contribution is -0.137. The maximum atomic E-state index is 13.5. The molecule has 0 aliphatic heterocycles. The number of anilines is 2. The monoisotopic (exact) mass is 517 g/mol. The van der Waals surface area contributed by atoms with Gasteiger partial charge in [-0.05, 0) is 42.2 Å². The Kier molecular flexibility index (Phi) is 6.56. The van der Waals surface area contributed by atoms with Gasteiger partial charge in [-0.2, -0.15) is 13.2 Å². The number of aliphatic hydroxyl groups excluding tert-OH is 1. The van der Waals surface area contributed by atoms with Crippen molar-refractivity contribution in [3.8, 4) is 22.4 Å². The van der Waals surface area contributed by atoms with Crippen LogP contribution in [0.1, 0.15) is 24.8 Å². The fraction of sp³-hybridized carbons (Fsp3) is 0.292. The Morgan fingerprint density at radius 1 is 1.14 bits per heavy atom. The minimum absolute atomic E-state index is 0.0509. The van der Waals surface area contributed by atoms with Crippen LogP contribution in [-0.2, 0) is 6.18 Å². The molecule has 1 saturated carbocycles. The molecule has 35 heavy (non-hydrogen) atoms. The van der Waals surface area contributed by atoms with Crippen molar-refractivity contribution in [1.82, 2.24) is 15.0 Å². The molecule has 5 rings (SSSR count). The Morgan fingerprint density at radius 2 is 1.91 bits per heavy atom. The minimum atomic E-state index is -4.46. The molecule has 1 fully saturated rings. The number of halogens is 3. The summed E-state index contributed by atoms with van der Waals surface area (Å²) in [5, 5.41) is 13.0. The first-order chi connectivity index (χ1) is 16.8. The molecule has 3 aromatic heterocycles. The summed E-state index contributed by atoms with van der Waals surface area (Å²) in [6.07, 6.45) is 2.19. The van der Waals surface area contributed by atoms with E-state index in [1.165, 1.54) is 23.8 Å². The van der Waals surface area contributed by atoms with Crippen LogP contribution in [0.2, 0.25) is 0 Å². The first-order valence-corrected chi connectivity index (χ1v) is 12.8. The van der Waals surface area contributed by atoms with E-state index < -0.39 is 11.7 Å². The van der Waals surface area contributed by atoms with Gasteiger partial charge in [0.2, 0.25) is 5.95 Å². The lowest BCUT2D eigenvalue weighted by atomic mass is 9.99. The second-order valence-electron chi connectivity index (χ2n) is 8.23. The van der Waals surface area contributed by atoms with Crippen LogP contribution < -0.4 is 11.1 Å². The molecule has 1 aliphatic carbocycles. The number of nitrogens with one attached hydrogen (secondary N) is 1. The van der Waals surface area contributed by atoms with Crippen LogP contribution in [0.15, 0.2) is 46.9 Å². The predicted molar refractivity (Wildman–Crippen MR) is 135 cm³/mol. The number of benzene rings is 1. The van der Waals surface area contributed by atoms with Gasteiger partial charge in [0.05, 0.1) is 27.8 Å². The van der Waals surface area contributed by atoms with Crippen molar-refractivity contribution in [3.05, 3.63) is 48.3 Å². The summed E-state index contributed by atoms with van der Waals surface area (Å²) in [6.45, 7) is 0.268. The van der Waals surface area contributed by atoms with Crippen molar-refractivity contribution in [2.75, 3.05) is 24.2 Å². The normalized spacial score (nSPS) is 14.3. The van der Waals surface area contributed by atoms with E-state index in [-0.39, 0.29) is 6.61 Å². The zero-order valence-corrected chi connectivity index (χ0v) is 20.1. The topological polar surface area (TPSA) is 97.0 Å². The van der Waals surface area contributed by atoms with Crippen molar-refractivity contribution < 1.29 is 18.3 Å². The van der Waals surface area contributed by atoms with Gasteiger partial charge in [0.1, 0.15) is 4.83 Å². The first kappa shape index (κ1) is 23.8. The lowest BCUT2D eigenvalue weighted by Crippen LogP contribution is -2.12. The number of aromatic nitrogens is 3. The number of rotatable bonds is 7. The van der Waals surface area contributed by atoms with Crippen molar-refractivity contribution in [1.29, 1.82) is 0 Å². The highest BCUT2D eigenvalue weighted by molar-refractivity contribution is 8.02. The summed E-state index contributed by atoms with van der Waals surface area (Å²) in [7, 11) is 0. The number of hydrogen-bond acceptors (Lipinski definition) is 8. The third-order valence-corrected chi connectivity index (χ3v) is 8.51. The average molecular weight is 518 g/mol. The number of nitrogen functional groups attached to an aromatic ring is 1. The summed E-state index contributed by atoms with van der Waals surface area (Å²) < 4.78 is 41.3. The summed E-state index contributed by atoms with van der Waals surface area (Å²) in [6, 6.07) is 7.01. The number of pyridine rings is 1. The highest BCUT2D eigenvalue weighted by Gasteiger charge is 2.31. The average Bonchev–Trinajstić information content (AvgIpc) is 3.14. The third kappa shape index (κ3) is 4.93. The molecule has 0 spiro atoms. The van der Waals surface area contributed by atoms with Crippen molar-refractivity contribution in [3.63, 3.8) is 0 Å². The first-order valence-electron chi connectivity index (χ1n) is 11.1. The molecule has 0 saturated heterocycles. The van der Waals surface area contributed by atoms with Gasteiger partial charge < -0.3 is 16.2 Å². The molecule has 4 aromatic rings. The van der Waals surface area contributed by atoms with E-state index in [4.69, 9.17) is 15.8 Å². The van der Waals surface area contributed by atoms with E-state index in [1.54, 1.807) is 36.3 Å². The minimum Gasteiger partial charge on any atom is -0.397 e. The fourth-order valence-electron chi connectivity index (χ4n) is 3.79. The van der Waals surface area contributed by atoms with E-state index in [0.717, 1.165) is 29.2 Å². The molecule has 1 aliphatic rings. The van der Waals surface area contributed by atoms with E-state index in [9.17, 15) is 13.2 Å². The number of nitrogens with two attached hydrogens (primary N) is 1. The maximum absolute atomic E-state index is 13.5. The number of alkyl halides is 3. The Morgan fingerprint density at radius 3 is 2.57 bits per heavy atom. The van der Waals surface area contributed by atoms with Gasteiger partial charge in [-0.3, -0.25) is 0 Å². The van der Waals surface area contributed by atoms with Gasteiger partial charge in [0.15, 0.2) is 0 Å². The molecule has 182 valence electrons. The largest absolute Gasteiger partial charge is 0.416 e. The Labute approximate surface area is 207 Å². The zero-order chi connectivity index (χ0) is 24.6. The molecule has 0 unspecified atom stereocenters. The van der Waals surface area contributed by atoms with E-state index in [2.05, 4.69) is 15.3 Å².